The molecule has 6 nitrogen and oxygen atoms in total. The summed E-state index contributed by atoms with van der Waals surface area (Å²) >= 11 is 0. The molecule has 7 heteroatoms. The predicted octanol–water partition coefficient (Wildman–Crippen LogP) is 3.87. The number of ether oxygens (including phenoxy) is 1. The number of anilines is 2. The van der Waals surface area contributed by atoms with E-state index in [1.165, 1.54) is 14.2 Å². The maximum Gasteiger partial charge on any atom is 0.270 e. The average molecular weight is 420 g/mol. The van der Waals surface area contributed by atoms with Gasteiger partial charge in [-0.05, 0) is 23.8 Å². The van der Waals surface area contributed by atoms with Crippen LogP contribution < -0.4 is 14.4 Å². The van der Waals surface area contributed by atoms with Gasteiger partial charge in [0, 0.05) is 29.9 Å². The third-order valence-corrected chi connectivity index (χ3v) is 6.78. The monoisotopic (exact) mass is 420 g/mol. The van der Waals surface area contributed by atoms with Gasteiger partial charge in [0.2, 0.25) is 0 Å². The van der Waals surface area contributed by atoms with Gasteiger partial charge in [0.05, 0.1) is 12.8 Å². The van der Waals surface area contributed by atoms with E-state index < -0.39 is 15.9 Å². The highest BCUT2D eigenvalue weighted by molar-refractivity contribution is 7.97. The molecule has 0 aromatic heterocycles. The molecule has 0 radical (unpaired) electrons. The number of carbonyl (C=O) groups excluding carboxylic acids is 1. The number of hydrogen-bond donors (Lipinski definition) is 1. The molecule has 152 valence electrons. The summed E-state index contributed by atoms with van der Waals surface area (Å²) in [5, 5.41) is 2.71. The van der Waals surface area contributed by atoms with Crippen molar-refractivity contribution in [3.8, 4) is 5.75 Å². The molecule has 3 aromatic rings. The molecule has 1 amide bonds. The van der Waals surface area contributed by atoms with E-state index in [0.29, 0.717) is 33.8 Å². The van der Waals surface area contributed by atoms with Gasteiger partial charge in [-0.1, -0.05) is 54.6 Å². The summed E-state index contributed by atoms with van der Waals surface area (Å²) in [5.74, 6) is -0.150. The molecule has 3 aromatic carbocycles. The summed E-state index contributed by atoms with van der Waals surface area (Å²) in [6, 6.07) is 23.0. The molecule has 0 atom stereocenters. The Bertz CT molecular complexity index is 1250. The number of nitrogens with one attached hydrogen (secondary N) is 1. The first-order chi connectivity index (χ1) is 14.4. The molecule has 1 aliphatic rings. The van der Waals surface area contributed by atoms with Crippen LogP contribution in [-0.2, 0) is 14.8 Å². The fourth-order valence-corrected chi connectivity index (χ4v) is 4.95. The van der Waals surface area contributed by atoms with E-state index in [4.69, 9.17) is 4.74 Å². The topological polar surface area (TPSA) is 75.7 Å². The first kappa shape index (κ1) is 19.7. The first-order valence-corrected chi connectivity index (χ1v) is 10.7. The van der Waals surface area contributed by atoms with Gasteiger partial charge in [-0.15, -0.1) is 0 Å². The molecule has 0 saturated heterocycles. The summed E-state index contributed by atoms with van der Waals surface area (Å²) in [6.07, 6.45) is 0. The number of methoxy groups -OCH3 is 1. The fraction of sp³-hybridized carbons (Fsp3) is 0.0870. The fourth-order valence-electron chi connectivity index (χ4n) is 3.49. The van der Waals surface area contributed by atoms with E-state index in [1.807, 2.05) is 30.3 Å². The molecule has 1 aliphatic heterocycles. The lowest BCUT2D eigenvalue weighted by Crippen LogP contribution is -2.37. The van der Waals surface area contributed by atoms with Crippen LogP contribution in [0.2, 0.25) is 0 Å². The van der Waals surface area contributed by atoms with E-state index in [0.717, 1.165) is 4.31 Å². The van der Waals surface area contributed by atoms with Crippen molar-refractivity contribution in [2.24, 2.45) is 0 Å². The van der Waals surface area contributed by atoms with Crippen LogP contribution in [0, 0.1) is 0 Å². The van der Waals surface area contributed by atoms with Crippen LogP contribution in [0.4, 0.5) is 11.4 Å². The number of sulfonamides is 1. The van der Waals surface area contributed by atoms with Gasteiger partial charge in [-0.2, -0.15) is 0 Å². The van der Waals surface area contributed by atoms with Crippen molar-refractivity contribution in [1.82, 2.24) is 0 Å². The van der Waals surface area contributed by atoms with Gasteiger partial charge in [-0.3, -0.25) is 9.10 Å². The smallest absolute Gasteiger partial charge is 0.270 e. The molecule has 0 aliphatic carbocycles. The zero-order chi connectivity index (χ0) is 21.3. The van der Waals surface area contributed by atoms with Crippen LogP contribution >= 0.6 is 0 Å². The lowest BCUT2D eigenvalue weighted by Gasteiger charge is -2.30. The Balaban J connectivity index is 1.94. The number of carbonyl (C=O) groups is 1. The lowest BCUT2D eigenvalue weighted by molar-refractivity contribution is -0.112. The zero-order valence-electron chi connectivity index (χ0n) is 16.5. The van der Waals surface area contributed by atoms with Gasteiger partial charge in [0.15, 0.2) is 4.91 Å². The predicted molar refractivity (Wildman–Crippen MR) is 118 cm³/mol. The number of amides is 1. The molecule has 0 saturated carbocycles. The number of hydrogen-bond acceptors (Lipinski definition) is 4. The first-order valence-electron chi connectivity index (χ1n) is 9.27. The number of rotatable bonds is 4. The Morgan fingerprint density at radius 2 is 1.63 bits per heavy atom. The minimum Gasteiger partial charge on any atom is -0.497 e. The van der Waals surface area contributed by atoms with Crippen LogP contribution in [0.1, 0.15) is 11.1 Å². The average Bonchev–Trinajstić information content (AvgIpc) is 2.76. The summed E-state index contributed by atoms with van der Waals surface area (Å²) in [7, 11) is -1.10. The Kier molecular flexibility index (Phi) is 5.05. The quantitative estimate of drug-likeness (QED) is 0.695. The molecule has 1 heterocycles. The molecular weight excluding hydrogens is 400 g/mol. The normalized spacial score (nSPS) is 14.8. The van der Waals surface area contributed by atoms with Crippen LogP contribution in [0.3, 0.4) is 0 Å². The van der Waals surface area contributed by atoms with Crippen molar-refractivity contribution in [2.45, 2.75) is 0 Å². The van der Waals surface area contributed by atoms with Gasteiger partial charge in [0.1, 0.15) is 5.75 Å². The molecule has 0 unspecified atom stereocenters. The van der Waals surface area contributed by atoms with Gasteiger partial charge in [0.25, 0.3) is 15.9 Å². The minimum absolute atomic E-state index is 0.294. The van der Waals surface area contributed by atoms with Gasteiger partial charge >= 0.3 is 0 Å². The van der Waals surface area contributed by atoms with E-state index in [2.05, 4.69) is 5.32 Å². The Hall–Kier alpha value is -3.58. The number of nitrogens with zero attached hydrogens (tertiary/aromatic N) is 1. The lowest BCUT2D eigenvalue weighted by atomic mass is 9.95. The molecule has 4 rings (SSSR count). The molecular formula is C23H20N2O4S. The number of para-hydroxylation sites is 1. The molecule has 0 fully saturated rings. The van der Waals surface area contributed by atoms with Crippen LogP contribution in [0.25, 0.3) is 5.57 Å². The highest BCUT2D eigenvalue weighted by Crippen LogP contribution is 2.42. The molecule has 1 N–H and O–H groups in total. The Morgan fingerprint density at radius 3 is 2.37 bits per heavy atom. The molecule has 0 bridgehead atoms. The van der Waals surface area contributed by atoms with Crippen LogP contribution in [0.5, 0.6) is 5.75 Å². The van der Waals surface area contributed by atoms with E-state index >= 15 is 0 Å². The maximum absolute atomic E-state index is 13.4. The Labute approximate surface area is 175 Å². The standard InChI is InChI=1S/C23H20N2O4S/c1-25-20-14-7-6-13-19(20)21(16-9-4-3-5-10-16)22(30(25,27)28)23(26)24-17-11-8-12-18(15-17)29-2/h3-15H,1-2H3,(H,24,26). The van der Waals surface area contributed by atoms with Gasteiger partial charge in [-0.25, -0.2) is 8.42 Å². The van der Waals surface area contributed by atoms with Crippen molar-refractivity contribution in [2.75, 3.05) is 23.8 Å². The summed E-state index contributed by atoms with van der Waals surface area (Å²) in [5.41, 5.74) is 2.67. The third kappa shape index (κ3) is 3.33. The van der Waals surface area contributed by atoms with Crippen molar-refractivity contribution in [1.29, 1.82) is 0 Å². The van der Waals surface area contributed by atoms with Gasteiger partial charge < -0.3 is 10.1 Å². The SMILES string of the molecule is COc1cccc(NC(=O)C2=C(c3ccccc3)c3ccccc3N(C)S2(=O)=O)c1. The van der Waals surface area contributed by atoms with E-state index in [-0.39, 0.29) is 4.91 Å². The van der Waals surface area contributed by atoms with E-state index in [1.54, 1.807) is 48.5 Å². The summed E-state index contributed by atoms with van der Waals surface area (Å²) < 4.78 is 33.1. The third-order valence-electron chi connectivity index (χ3n) is 4.95. The second kappa shape index (κ2) is 7.68. The maximum atomic E-state index is 13.4. The highest BCUT2D eigenvalue weighted by atomic mass is 32.2. The highest BCUT2D eigenvalue weighted by Gasteiger charge is 2.39. The van der Waals surface area contributed by atoms with E-state index in [9.17, 15) is 13.2 Å². The van der Waals surface area contributed by atoms with Crippen molar-refractivity contribution in [3.63, 3.8) is 0 Å². The Morgan fingerprint density at radius 1 is 0.933 bits per heavy atom. The number of benzene rings is 3. The van der Waals surface area contributed by atoms with Crippen molar-refractivity contribution >= 4 is 32.9 Å². The van der Waals surface area contributed by atoms with Crippen LogP contribution in [0.15, 0.2) is 83.8 Å². The number of fused-ring (bicyclic) bond motifs is 1. The van der Waals surface area contributed by atoms with Crippen molar-refractivity contribution < 1.29 is 17.9 Å². The second-order valence-corrected chi connectivity index (χ2v) is 8.65. The minimum atomic E-state index is -4.08. The largest absolute Gasteiger partial charge is 0.497 e. The van der Waals surface area contributed by atoms with Crippen molar-refractivity contribution in [3.05, 3.63) is 94.9 Å². The second-order valence-electron chi connectivity index (χ2n) is 6.75. The molecule has 0 spiro atoms. The summed E-state index contributed by atoms with van der Waals surface area (Å²) in [4.78, 5) is 13.0. The zero-order valence-corrected chi connectivity index (χ0v) is 17.3. The molecule has 30 heavy (non-hydrogen) atoms. The summed E-state index contributed by atoms with van der Waals surface area (Å²) in [6.45, 7) is 0. The van der Waals surface area contributed by atoms with Crippen LogP contribution in [-0.4, -0.2) is 28.5 Å².